The minimum Gasteiger partial charge on any atom is -0.478 e. The van der Waals surface area contributed by atoms with Gasteiger partial charge in [-0.1, -0.05) is 12.1 Å². The summed E-state index contributed by atoms with van der Waals surface area (Å²) in [7, 11) is 3.63. The molecule has 26 heavy (non-hydrogen) atoms. The molecule has 0 aliphatic carbocycles. The molecule has 0 radical (unpaired) electrons. The van der Waals surface area contributed by atoms with E-state index in [1.165, 1.54) is 12.5 Å². The largest absolute Gasteiger partial charge is 0.478 e. The third kappa shape index (κ3) is 3.57. The number of nitrogens with zero attached hydrogens (tertiary/aromatic N) is 2. The minimum atomic E-state index is -0.999. The van der Waals surface area contributed by atoms with Crippen molar-refractivity contribution in [1.82, 2.24) is 0 Å². The van der Waals surface area contributed by atoms with Crippen molar-refractivity contribution >= 4 is 23.1 Å². The number of benzene rings is 2. The van der Waals surface area contributed by atoms with Gasteiger partial charge in [0.05, 0.1) is 5.56 Å². The molecule has 0 amide bonds. The van der Waals surface area contributed by atoms with Crippen LogP contribution in [-0.2, 0) is 0 Å². The molecule has 0 atom stereocenters. The number of hydrogen-bond donors (Lipinski definition) is 1. The van der Waals surface area contributed by atoms with Crippen LogP contribution in [0, 0.1) is 0 Å². The number of ketones is 1. The number of carbonyl (C=O) groups is 2. The van der Waals surface area contributed by atoms with E-state index in [0.717, 1.165) is 31.6 Å². The summed E-state index contributed by atoms with van der Waals surface area (Å²) in [4.78, 5) is 28.6. The van der Waals surface area contributed by atoms with Crippen LogP contribution in [0.3, 0.4) is 0 Å². The summed E-state index contributed by atoms with van der Waals surface area (Å²) in [5.41, 5.74) is 2.94. The number of carboxylic acid groups (broad SMARTS) is 1. The van der Waals surface area contributed by atoms with Crippen LogP contribution in [0.1, 0.15) is 45.5 Å². The Balaban J connectivity index is 2.04. The highest BCUT2D eigenvalue weighted by Gasteiger charge is 2.22. The molecule has 0 saturated carbocycles. The van der Waals surface area contributed by atoms with Crippen LogP contribution >= 0.6 is 0 Å². The zero-order valence-corrected chi connectivity index (χ0v) is 15.2. The fourth-order valence-corrected chi connectivity index (χ4v) is 3.45. The average Bonchev–Trinajstić information content (AvgIpc) is 2.67. The minimum absolute atomic E-state index is 0.0770. The SMILES string of the molecule is CN(C)c1cc(C(=O)O)ccc1C(=O)c1ccccc1N1CCCCC1. The molecule has 5 nitrogen and oxygen atoms in total. The quantitative estimate of drug-likeness (QED) is 0.832. The standard InChI is InChI=1S/C21H24N2O3/c1-22(2)19-14-15(21(25)26)10-11-17(19)20(24)16-8-4-5-9-18(16)23-12-6-3-7-13-23/h4-5,8-11,14H,3,6-7,12-13H2,1-2H3,(H,25,26). The molecule has 3 rings (SSSR count). The Morgan fingerprint density at radius 3 is 2.31 bits per heavy atom. The van der Waals surface area contributed by atoms with Crippen LogP contribution in [-0.4, -0.2) is 44.0 Å². The first-order valence-electron chi connectivity index (χ1n) is 8.92. The number of piperidine rings is 1. The first-order chi connectivity index (χ1) is 12.5. The lowest BCUT2D eigenvalue weighted by atomic mass is 9.97. The molecule has 1 N–H and O–H groups in total. The zero-order valence-electron chi connectivity index (χ0n) is 15.2. The van der Waals surface area contributed by atoms with E-state index in [1.807, 2.05) is 38.4 Å². The molecule has 1 aliphatic rings. The number of aromatic carboxylic acids is 1. The molecule has 1 aliphatic heterocycles. The molecule has 1 fully saturated rings. The highest BCUT2D eigenvalue weighted by Crippen LogP contribution is 2.29. The van der Waals surface area contributed by atoms with E-state index in [4.69, 9.17) is 0 Å². The summed E-state index contributed by atoms with van der Waals surface area (Å²) < 4.78 is 0. The van der Waals surface area contributed by atoms with Gasteiger partial charge in [0.15, 0.2) is 5.78 Å². The Morgan fingerprint density at radius 2 is 1.65 bits per heavy atom. The summed E-state index contributed by atoms with van der Waals surface area (Å²) in [5.74, 6) is -1.08. The van der Waals surface area contributed by atoms with E-state index < -0.39 is 5.97 Å². The Hall–Kier alpha value is -2.82. The van der Waals surface area contributed by atoms with E-state index >= 15 is 0 Å². The van der Waals surface area contributed by atoms with Gasteiger partial charge in [0.2, 0.25) is 0 Å². The van der Waals surface area contributed by atoms with Crippen LogP contribution < -0.4 is 9.80 Å². The van der Waals surface area contributed by atoms with Crippen LogP contribution in [0.4, 0.5) is 11.4 Å². The second-order valence-corrected chi connectivity index (χ2v) is 6.83. The fourth-order valence-electron chi connectivity index (χ4n) is 3.45. The van der Waals surface area contributed by atoms with E-state index in [-0.39, 0.29) is 11.3 Å². The average molecular weight is 352 g/mol. The van der Waals surface area contributed by atoms with Gasteiger partial charge in [0, 0.05) is 49.7 Å². The van der Waals surface area contributed by atoms with E-state index in [0.29, 0.717) is 16.8 Å². The Bertz CT molecular complexity index is 824. The van der Waals surface area contributed by atoms with Gasteiger partial charge in [-0.15, -0.1) is 0 Å². The molecule has 2 aromatic rings. The number of rotatable bonds is 5. The molecule has 1 saturated heterocycles. The molecular formula is C21H24N2O3. The van der Waals surface area contributed by atoms with Crippen molar-refractivity contribution in [3.8, 4) is 0 Å². The van der Waals surface area contributed by atoms with E-state index in [1.54, 1.807) is 17.0 Å². The maximum atomic E-state index is 13.3. The van der Waals surface area contributed by atoms with Crippen LogP contribution in [0.25, 0.3) is 0 Å². The van der Waals surface area contributed by atoms with Crippen LogP contribution in [0.15, 0.2) is 42.5 Å². The third-order valence-corrected chi connectivity index (χ3v) is 4.82. The van der Waals surface area contributed by atoms with Crippen molar-refractivity contribution in [2.75, 3.05) is 37.0 Å². The van der Waals surface area contributed by atoms with Crippen molar-refractivity contribution in [1.29, 1.82) is 0 Å². The van der Waals surface area contributed by atoms with Crippen molar-refractivity contribution in [2.45, 2.75) is 19.3 Å². The molecule has 136 valence electrons. The molecular weight excluding hydrogens is 328 g/mol. The molecule has 0 spiro atoms. The summed E-state index contributed by atoms with van der Waals surface area (Å²) in [5, 5.41) is 9.24. The highest BCUT2D eigenvalue weighted by molar-refractivity contribution is 6.15. The highest BCUT2D eigenvalue weighted by atomic mass is 16.4. The fraction of sp³-hybridized carbons (Fsp3) is 0.333. The van der Waals surface area contributed by atoms with Gasteiger partial charge in [-0.2, -0.15) is 0 Å². The number of carbonyl (C=O) groups excluding carboxylic acids is 1. The molecule has 1 heterocycles. The Labute approximate surface area is 153 Å². The maximum absolute atomic E-state index is 13.3. The second kappa shape index (κ2) is 7.60. The van der Waals surface area contributed by atoms with Crippen molar-refractivity contribution in [3.63, 3.8) is 0 Å². The maximum Gasteiger partial charge on any atom is 0.335 e. The van der Waals surface area contributed by atoms with Gasteiger partial charge in [-0.05, 0) is 49.6 Å². The van der Waals surface area contributed by atoms with Crippen molar-refractivity contribution in [2.24, 2.45) is 0 Å². The predicted molar refractivity (Wildman–Crippen MR) is 104 cm³/mol. The topological polar surface area (TPSA) is 60.9 Å². The van der Waals surface area contributed by atoms with Crippen molar-refractivity contribution < 1.29 is 14.7 Å². The lowest BCUT2D eigenvalue weighted by Gasteiger charge is -2.30. The van der Waals surface area contributed by atoms with Gasteiger partial charge < -0.3 is 14.9 Å². The Morgan fingerprint density at radius 1 is 0.962 bits per heavy atom. The zero-order chi connectivity index (χ0) is 18.7. The number of carboxylic acids is 1. The normalized spacial score (nSPS) is 14.2. The van der Waals surface area contributed by atoms with Crippen molar-refractivity contribution in [3.05, 3.63) is 59.2 Å². The van der Waals surface area contributed by atoms with Crippen LogP contribution in [0.5, 0.6) is 0 Å². The first kappa shape index (κ1) is 18.0. The third-order valence-electron chi connectivity index (χ3n) is 4.82. The van der Waals surface area contributed by atoms with Gasteiger partial charge in [-0.25, -0.2) is 4.79 Å². The first-order valence-corrected chi connectivity index (χ1v) is 8.92. The van der Waals surface area contributed by atoms with Gasteiger partial charge in [0.25, 0.3) is 0 Å². The van der Waals surface area contributed by atoms with Gasteiger partial charge in [0.1, 0.15) is 0 Å². The van der Waals surface area contributed by atoms with Gasteiger partial charge >= 0.3 is 5.97 Å². The van der Waals surface area contributed by atoms with E-state index in [2.05, 4.69) is 4.90 Å². The summed E-state index contributed by atoms with van der Waals surface area (Å²) in [6.45, 7) is 1.92. The molecule has 2 aromatic carbocycles. The smallest absolute Gasteiger partial charge is 0.335 e. The molecule has 0 bridgehead atoms. The number of hydrogen-bond acceptors (Lipinski definition) is 4. The molecule has 0 unspecified atom stereocenters. The molecule has 0 aromatic heterocycles. The molecule has 5 heteroatoms. The van der Waals surface area contributed by atoms with Crippen LogP contribution in [0.2, 0.25) is 0 Å². The van der Waals surface area contributed by atoms with E-state index in [9.17, 15) is 14.7 Å². The summed E-state index contributed by atoms with van der Waals surface area (Å²) in [6.07, 6.45) is 3.51. The summed E-state index contributed by atoms with van der Waals surface area (Å²) >= 11 is 0. The predicted octanol–water partition coefficient (Wildman–Crippen LogP) is 3.67. The Kier molecular flexibility index (Phi) is 5.26. The summed E-state index contributed by atoms with van der Waals surface area (Å²) in [6, 6.07) is 12.4. The number of para-hydroxylation sites is 1. The lowest BCUT2D eigenvalue weighted by molar-refractivity contribution is 0.0696. The number of anilines is 2. The van der Waals surface area contributed by atoms with Gasteiger partial charge in [-0.3, -0.25) is 4.79 Å². The lowest BCUT2D eigenvalue weighted by Crippen LogP contribution is -2.31. The second-order valence-electron chi connectivity index (χ2n) is 6.83. The monoisotopic (exact) mass is 352 g/mol.